The molecule has 1 atom stereocenters. The van der Waals surface area contributed by atoms with Crippen LogP contribution in [-0.4, -0.2) is 10.5 Å². The van der Waals surface area contributed by atoms with E-state index in [2.05, 4.69) is 65.1 Å². The van der Waals surface area contributed by atoms with Gasteiger partial charge in [-0.05, 0) is 59.6 Å². The van der Waals surface area contributed by atoms with Crippen molar-refractivity contribution < 1.29 is 9.53 Å². The van der Waals surface area contributed by atoms with Crippen molar-refractivity contribution in [2.24, 2.45) is 0 Å². The Balaban J connectivity index is 1.50. The minimum atomic E-state index is -0.487. The molecule has 0 unspecified atom stereocenters. The first-order valence-corrected chi connectivity index (χ1v) is 11.5. The molecule has 1 heterocycles. The summed E-state index contributed by atoms with van der Waals surface area (Å²) >= 11 is 1.37. The summed E-state index contributed by atoms with van der Waals surface area (Å²) in [5.41, 5.74) is 7.10. The van der Waals surface area contributed by atoms with E-state index >= 15 is 0 Å². The largest absolute Gasteiger partial charge is 0.441 e. The van der Waals surface area contributed by atoms with Gasteiger partial charge in [0, 0.05) is 0 Å². The van der Waals surface area contributed by atoms with Crippen molar-refractivity contribution in [2.45, 2.75) is 33.3 Å². The third kappa shape index (κ3) is 4.89. The van der Waals surface area contributed by atoms with Crippen LogP contribution in [0.25, 0.3) is 21.6 Å². The third-order valence-electron chi connectivity index (χ3n) is 5.49. The molecule has 5 heteroatoms. The molecule has 0 bridgehead atoms. The van der Waals surface area contributed by atoms with Crippen molar-refractivity contribution in [1.29, 1.82) is 0 Å². The molecule has 162 valence electrons. The van der Waals surface area contributed by atoms with Crippen molar-refractivity contribution in [3.63, 3.8) is 0 Å². The predicted molar refractivity (Wildman–Crippen MR) is 132 cm³/mol. The van der Waals surface area contributed by atoms with Crippen LogP contribution in [0.5, 0.6) is 0 Å². The molecule has 1 N–H and O–H groups in total. The monoisotopic (exact) mass is 442 g/mol. The average molecular weight is 443 g/mol. The molecule has 4 rings (SSSR count). The van der Waals surface area contributed by atoms with E-state index in [9.17, 15) is 4.79 Å². The highest BCUT2D eigenvalue weighted by Crippen LogP contribution is 2.36. The maximum absolute atomic E-state index is 12.6. The molecule has 0 fully saturated rings. The SMILES string of the molecule is CCc1ccc(-c2ccc(-c3snc(C)c3NC(=O)O[C@H](C)c3ccccc3)cc2)cc1. The third-order valence-corrected chi connectivity index (χ3v) is 6.47. The fourth-order valence-electron chi connectivity index (χ4n) is 3.55. The van der Waals surface area contributed by atoms with Gasteiger partial charge in [0.05, 0.1) is 16.3 Å². The maximum atomic E-state index is 12.6. The lowest BCUT2D eigenvalue weighted by atomic mass is 10.0. The highest BCUT2D eigenvalue weighted by Gasteiger charge is 2.18. The smallest absolute Gasteiger partial charge is 0.412 e. The van der Waals surface area contributed by atoms with Gasteiger partial charge in [-0.1, -0.05) is 85.8 Å². The van der Waals surface area contributed by atoms with Crippen molar-refractivity contribution in [1.82, 2.24) is 4.37 Å². The summed E-state index contributed by atoms with van der Waals surface area (Å²) in [7, 11) is 0. The number of rotatable bonds is 6. The van der Waals surface area contributed by atoms with Gasteiger partial charge in [0.1, 0.15) is 6.10 Å². The number of ether oxygens (including phenoxy) is 1. The molecule has 0 aliphatic carbocycles. The first-order valence-electron chi connectivity index (χ1n) is 10.7. The van der Waals surface area contributed by atoms with E-state index in [1.54, 1.807) is 0 Å². The first-order chi connectivity index (χ1) is 15.5. The second-order valence-electron chi connectivity index (χ2n) is 7.68. The Labute approximate surface area is 193 Å². The summed E-state index contributed by atoms with van der Waals surface area (Å²) in [4.78, 5) is 13.5. The van der Waals surface area contributed by atoms with E-state index in [1.165, 1.54) is 22.7 Å². The van der Waals surface area contributed by atoms with Crippen LogP contribution in [0, 0.1) is 6.92 Å². The molecule has 0 radical (unpaired) electrons. The number of hydrogen-bond donors (Lipinski definition) is 1. The lowest BCUT2D eigenvalue weighted by Crippen LogP contribution is -2.16. The molecular formula is C27H26N2O2S. The zero-order chi connectivity index (χ0) is 22.5. The second kappa shape index (κ2) is 9.79. The standard InChI is InChI=1S/C27H26N2O2S/c1-4-20-10-12-22(13-11-20)23-14-16-24(17-15-23)26-25(18(2)29-32-26)28-27(30)31-19(3)21-8-6-5-7-9-21/h5-17,19H,4H2,1-3H3,(H,28,30)/t19-/m1/s1. The summed E-state index contributed by atoms with van der Waals surface area (Å²) in [6.07, 6.45) is 0.204. The Hall–Kier alpha value is -3.44. The quantitative estimate of drug-likeness (QED) is 0.333. The van der Waals surface area contributed by atoms with E-state index in [0.717, 1.165) is 33.7 Å². The topological polar surface area (TPSA) is 51.2 Å². The number of nitrogens with zero attached hydrogens (tertiary/aromatic N) is 1. The van der Waals surface area contributed by atoms with Crippen LogP contribution >= 0.6 is 11.5 Å². The number of benzene rings is 3. The molecule has 0 spiro atoms. The molecule has 1 amide bonds. The van der Waals surface area contributed by atoms with Gasteiger partial charge in [0.15, 0.2) is 0 Å². The Bertz CT molecular complexity index is 1180. The molecule has 0 saturated heterocycles. The van der Waals surface area contributed by atoms with E-state index in [-0.39, 0.29) is 6.10 Å². The van der Waals surface area contributed by atoms with Gasteiger partial charge < -0.3 is 4.74 Å². The fraction of sp³-hybridized carbons (Fsp3) is 0.185. The van der Waals surface area contributed by atoms with E-state index < -0.39 is 6.09 Å². The van der Waals surface area contributed by atoms with Gasteiger partial charge in [-0.2, -0.15) is 4.37 Å². The van der Waals surface area contributed by atoms with Gasteiger partial charge in [-0.15, -0.1) is 0 Å². The minimum Gasteiger partial charge on any atom is -0.441 e. The molecule has 3 aromatic carbocycles. The highest BCUT2D eigenvalue weighted by molar-refractivity contribution is 7.10. The zero-order valence-corrected chi connectivity index (χ0v) is 19.3. The van der Waals surface area contributed by atoms with Gasteiger partial charge >= 0.3 is 6.09 Å². The molecule has 0 aliphatic heterocycles. The molecule has 4 nitrogen and oxygen atoms in total. The summed E-state index contributed by atoms with van der Waals surface area (Å²) < 4.78 is 10.0. The second-order valence-corrected chi connectivity index (χ2v) is 8.46. The van der Waals surface area contributed by atoms with Crippen LogP contribution in [0.2, 0.25) is 0 Å². The highest BCUT2D eigenvalue weighted by atomic mass is 32.1. The number of aromatic nitrogens is 1. The Morgan fingerprint density at radius 1 is 0.938 bits per heavy atom. The normalized spacial score (nSPS) is 11.7. The first kappa shape index (κ1) is 21.8. The number of anilines is 1. The molecule has 4 aromatic rings. The van der Waals surface area contributed by atoms with Crippen molar-refractivity contribution in [2.75, 3.05) is 5.32 Å². The van der Waals surface area contributed by atoms with Gasteiger partial charge in [0.2, 0.25) is 0 Å². The molecule has 1 aromatic heterocycles. The van der Waals surface area contributed by atoms with Crippen LogP contribution < -0.4 is 5.32 Å². The number of nitrogens with one attached hydrogen (secondary N) is 1. The van der Waals surface area contributed by atoms with Gasteiger partial charge in [0.25, 0.3) is 0 Å². The summed E-state index contributed by atoms with van der Waals surface area (Å²) in [6.45, 7) is 5.91. The Morgan fingerprint density at radius 2 is 1.53 bits per heavy atom. The zero-order valence-electron chi connectivity index (χ0n) is 18.5. The predicted octanol–water partition coefficient (Wildman–Crippen LogP) is 7.66. The average Bonchev–Trinajstić information content (AvgIpc) is 3.19. The Morgan fingerprint density at radius 3 is 2.16 bits per heavy atom. The summed E-state index contributed by atoms with van der Waals surface area (Å²) in [6, 6.07) is 26.7. The van der Waals surface area contributed by atoms with Crippen molar-refractivity contribution in [3.8, 4) is 21.6 Å². The number of hydrogen-bond acceptors (Lipinski definition) is 4. The van der Waals surface area contributed by atoms with Crippen molar-refractivity contribution in [3.05, 3.63) is 95.7 Å². The molecule has 0 aliphatic rings. The van der Waals surface area contributed by atoms with E-state index in [4.69, 9.17) is 4.74 Å². The lowest BCUT2D eigenvalue weighted by molar-refractivity contribution is 0.121. The summed E-state index contributed by atoms with van der Waals surface area (Å²) in [5, 5.41) is 2.90. The number of amides is 1. The van der Waals surface area contributed by atoms with Crippen LogP contribution in [-0.2, 0) is 11.2 Å². The molecular weight excluding hydrogens is 416 g/mol. The Kier molecular flexibility index (Phi) is 6.66. The van der Waals surface area contributed by atoms with Crippen LogP contribution in [0.1, 0.15) is 36.8 Å². The minimum absolute atomic E-state index is 0.343. The molecule has 0 saturated carbocycles. The van der Waals surface area contributed by atoms with Crippen LogP contribution in [0.15, 0.2) is 78.9 Å². The van der Waals surface area contributed by atoms with Crippen LogP contribution in [0.4, 0.5) is 10.5 Å². The van der Waals surface area contributed by atoms with Crippen LogP contribution in [0.3, 0.4) is 0 Å². The molecule has 32 heavy (non-hydrogen) atoms. The van der Waals surface area contributed by atoms with Crippen molar-refractivity contribution >= 4 is 23.3 Å². The number of carbonyl (C=O) groups excluding carboxylic acids is 1. The maximum Gasteiger partial charge on any atom is 0.412 e. The fourth-order valence-corrected chi connectivity index (χ4v) is 4.40. The summed E-state index contributed by atoms with van der Waals surface area (Å²) in [5.74, 6) is 0. The van der Waals surface area contributed by atoms with Gasteiger partial charge in [-0.25, -0.2) is 4.79 Å². The van der Waals surface area contributed by atoms with E-state index in [1.807, 2.05) is 44.2 Å². The lowest BCUT2D eigenvalue weighted by Gasteiger charge is -2.14. The van der Waals surface area contributed by atoms with E-state index in [0.29, 0.717) is 5.69 Å². The van der Waals surface area contributed by atoms with Gasteiger partial charge in [-0.3, -0.25) is 5.32 Å². The number of aryl methyl sites for hydroxylation is 2. The number of carbonyl (C=O) groups is 1.